The standard InChI is InChI=1S/C17H27NS/c1-17(2,3)15-8-7-14(19-15)16(18-4)13-10-11-5-6-12(13)9-11/h7-8,11-13,16,18H,5-6,9-10H2,1-4H3. The van der Waals surface area contributed by atoms with Gasteiger partial charge >= 0.3 is 0 Å². The van der Waals surface area contributed by atoms with E-state index in [1.807, 2.05) is 11.3 Å². The number of rotatable bonds is 3. The fourth-order valence-electron chi connectivity index (χ4n) is 4.19. The molecule has 2 saturated carbocycles. The Hall–Kier alpha value is -0.340. The molecular formula is C17H27NS. The molecule has 1 aromatic heterocycles. The molecule has 106 valence electrons. The Labute approximate surface area is 121 Å². The lowest BCUT2D eigenvalue weighted by Crippen LogP contribution is -2.28. The molecule has 2 aliphatic rings. The third-order valence-corrected chi connectivity index (χ3v) is 6.80. The van der Waals surface area contributed by atoms with E-state index >= 15 is 0 Å². The maximum atomic E-state index is 3.62. The van der Waals surface area contributed by atoms with Crippen molar-refractivity contribution in [1.82, 2.24) is 5.32 Å². The van der Waals surface area contributed by atoms with Crippen molar-refractivity contribution in [3.63, 3.8) is 0 Å². The summed E-state index contributed by atoms with van der Waals surface area (Å²) in [5, 5.41) is 3.62. The van der Waals surface area contributed by atoms with Crippen molar-refractivity contribution >= 4 is 11.3 Å². The van der Waals surface area contributed by atoms with Crippen molar-refractivity contribution in [1.29, 1.82) is 0 Å². The summed E-state index contributed by atoms with van der Waals surface area (Å²) in [7, 11) is 2.15. The molecule has 19 heavy (non-hydrogen) atoms. The fraction of sp³-hybridized carbons (Fsp3) is 0.765. The number of thiophene rings is 1. The molecule has 2 aliphatic carbocycles. The lowest BCUT2D eigenvalue weighted by Gasteiger charge is -2.29. The van der Waals surface area contributed by atoms with Gasteiger partial charge < -0.3 is 5.32 Å². The van der Waals surface area contributed by atoms with E-state index in [4.69, 9.17) is 0 Å². The van der Waals surface area contributed by atoms with Gasteiger partial charge in [0.25, 0.3) is 0 Å². The maximum Gasteiger partial charge on any atom is 0.0443 e. The average molecular weight is 277 g/mol. The van der Waals surface area contributed by atoms with Crippen LogP contribution in [0.1, 0.15) is 62.3 Å². The molecule has 0 amide bonds. The fourth-order valence-corrected chi connectivity index (χ4v) is 5.44. The second-order valence-corrected chi connectivity index (χ2v) is 8.67. The van der Waals surface area contributed by atoms with Gasteiger partial charge in [0.1, 0.15) is 0 Å². The van der Waals surface area contributed by atoms with Gasteiger partial charge in [0.15, 0.2) is 0 Å². The van der Waals surface area contributed by atoms with Gasteiger partial charge in [-0.3, -0.25) is 0 Å². The molecule has 0 saturated heterocycles. The van der Waals surface area contributed by atoms with Crippen molar-refractivity contribution < 1.29 is 0 Å². The first-order valence-electron chi connectivity index (χ1n) is 7.76. The molecule has 1 heterocycles. The third kappa shape index (κ3) is 2.50. The number of fused-ring (bicyclic) bond motifs is 2. The summed E-state index contributed by atoms with van der Waals surface area (Å²) >= 11 is 2.02. The molecule has 2 bridgehead atoms. The van der Waals surface area contributed by atoms with E-state index in [0.717, 1.165) is 17.8 Å². The van der Waals surface area contributed by atoms with Crippen LogP contribution in [0.4, 0.5) is 0 Å². The van der Waals surface area contributed by atoms with Crippen molar-refractivity contribution in [2.45, 2.75) is 57.9 Å². The Morgan fingerprint density at radius 3 is 2.47 bits per heavy atom. The molecule has 2 heteroatoms. The van der Waals surface area contributed by atoms with Crippen LogP contribution in [0.25, 0.3) is 0 Å². The Morgan fingerprint density at radius 1 is 1.21 bits per heavy atom. The minimum absolute atomic E-state index is 0.288. The lowest BCUT2D eigenvalue weighted by molar-refractivity contribution is 0.262. The first-order valence-corrected chi connectivity index (χ1v) is 8.58. The summed E-state index contributed by atoms with van der Waals surface area (Å²) in [6.07, 6.45) is 5.93. The maximum absolute atomic E-state index is 3.62. The van der Waals surface area contributed by atoms with Crippen LogP contribution in [0.15, 0.2) is 12.1 Å². The minimum Gasteiger partial charge on any atom is -0.312 e. The lowest BCUT2D eigenvalue weighted by atomic mass is 9.82. The van der Waals surface area contributed by atoms with Crippen LogP contribution in [-0.2, 0) is 5.41 Å². The molecule has 1 aromatic rings. The van der Waals surface area contributed by atoms with Gasteiger partial charge in [-0.05, 0) is 61.6 Å². The van der Waals surface area contributed by atoms with E-state index in [9.17, 15) is 0 Å². The highest BCUT2D eigenvalue weighted by Gasteiger charge is 2.43. The normalized spacial score (nSPS) is 31.9. The molecule has 2 fully saturated rings. The first-order chi connectivity index (χ1) is 8.99. The van der Waals surface area contributed by atoms with Crippen LogP contribution < -0.4 is 5.32 Å². The predicted octanol–water partition coefficient (Wildman–Crippen LogP) is 4.74. The summed E-state index contributed by atoms with van der Waals surface area (Å²) in [5.74, 6) is 2.91. The van der Waals surface area contributed by atoms with Gasteiger partial charge in [0, 0.05) is 15.8 Å². The molecule has 0 spiro atoms. The molecule has 3 rings (SSSR count). The number of hydrogen-bond donors (Lipinski definition) is 1. The van der Waals surface area contributed by atoms with Crippen LogP contribution in [0.5, 0.6) is 0 Å². The van der Waals surface area contributed by atoms with E-state index in [1.165, 1.54) is 30.6 Å². The van der Waals surface area contributed by atoms with Gasteiger partial charge in [0.05, 0.1) is 0 Å². The van der Waals surface area contributed by atoms with E-state index in [-0.39, 0.29) is 5.41 Å². The van der Waals surface area contributed by atoms with E-state index < -0.39 is 0 Å². The highest BCUT2D eigenvalue weighted by Crippen LogP contribution is 2.53. The highest BCUT2D eigenvalue weighted by molar-refractivity contribution is 7.12. The summed E-state index contributed by atoms with van der Waals surface area (Å²) in [4.78, 5) is 3.08. The zero-order chi connectivity index (χ0) is 13.6. The monoisotopic (exact) mass is 277 g/mol. The quantitative estimate of drug-likeness (QED) is 0.841. The van der Waals surface area contributed by atoms with Crippen molar-refractivity contribution in [2.75, 3.05) is 7.05 Å². The number of nitrogens with one attached hydrogen (secondary N) is 1. The zero-order valence-corrected chi connectivity index (χ0v) is 13.5. The Balaban J connectivity index is 1.81. The van der Waals surface area contributed by atoms with Crippen molar-refractivity contribution in [3.05, 3.63) is 21.9 Å². The van der Waals surface area contributed by atoms with Gasteiger partial charge in [-0.1, -0.05) is 27.2 Å². The van der Waals surface area contributed by atoms with Gasteiger partial charge in [-0.2, -0.15) is 0 Å². The zero-order valence-electron chi connectivity index (χ0n) is 12.7. The molecule has 4 atom stereocenters. The van der Waals surface area contributed by atoms with Crippen LogP contribution in [0, 0.1) is 17.8 Å². The predicted molar refractivity (Wildman–Crippen MR) is 83.8 cm³/mol. The topological polar surface area (TPSA) is 12.0 Å². The molecule has 1 N–H and O–H groups in total. The van der Waals surface area contributed by atoms with E-state index in [2.05, 4.69) is 45.3 Å². The molecule has 1 nitrogen and oxygen atoms in total. The Bertz CT molecular complexity index is 442. The Kier molecular flexibility index (Phi) is 3.51. The minimum atomic E-state index is 0.288. The van der Waals surface area contributed by atoms with Crippen LogP contribution >= 0.6 is 11.3 Å². The summed E-state index contributed by atoms with van der Waals surface area (Å²) in [6, 6.07) is 5.31. The molecule has 0 aromatic carbocycles. The van der Waals surface area contributed by atoms with Crippen molar-refractivity contribution in [3.8, 4) is 0 Å². The average Bonchev–Trinajstić information content (AvgIpc) is 3.04. The van der Waals surface area contributed by atoms with Crippen molar-refractivity contribution in [2.24, 2.45) is 17.8 Å². The molecule has 4 unspecified atom stereocenters. The third-order valence-electron chi connectivity index (χ3n) is 5.20. The van der Waals surface area contributed by atoms with Gasteiger partial charge in [-0.15, -0.1) is 11.3 Å². The molecule has 0 radical (unpaired) electrons. The van der Waals surface area contributed by atoms with Crippen LogP contribution in [0.2, 0.25) is 0 Å². The highest BCUT2D eigenvalue weighted by atomic mass is 32.1. The van der Waals surface area contributed by atoms with Crippen LogP contribution in [-0.4, -0.2) is 7.05 Å². The second kappa shape index (κ2) is 4.89. The smallest absolute Gasteiger partial charge is 0.0443 e. The largest absolute Gasteiger partial charge is 0.312 e. The van der Waals surface area contributed by atoms with Gasteiger partial charge in [0.2, 0.25) is 0 Å². The summed E-state index contributed by atoms with van der Waals surface area (Å²) in [6.45, 7) is 6.94. The number of hydrogen-bond acceptors (Lipinski definition) is 2. The first kappa shape index (κ1) is 13.6. The van der Waals surface area contributed by atoms with Crippen LogP contribution in [0.3, 0.4) is 0 Å². The van der Waals surface area contributed by atoms with E-state index in [1.54, 1.807) is 4.88 Å². The SMILES string of the molecule is CNC(c1ccc(C(C)(C)C)s1)C1CC2CCC1C2. The molecular weight excluding hydrogens is 250 g/mol. The Morgan fingerprint density at radius 2 is 2.00 bits per heavy atom. The van der Waals surface area contributed by atoms with E-state index in [0.29, 0.717) is 6.04 Å². The van der Waals surface area contributed by atoms with Gasteiger partial charge in [-0.25, -0.2) is 0 Å². The molecule has 0 aliphatic heterocycles. The summed E-state index contributed by atoms with van der Waals surface area (Å²) < 4.78 is 0. The second-order valence-electron chi connectivity index (χ2n) is 7.56. The summed E-state index contributed by atoms with van der Waals surface area (Å²) in [5.41, 5.74) is 0.288.